The van der Waals surface area contributed by atoms with Crippen LogP contribution < -0.4 is 0 Å². The van der Waals surface area contributed by atoms with E-state index in [1.165, 1.54) is 24.0 Å². The summed E-state index contributed by atoms with van der Waals surface area (Å²) in [5.41, 5.74) is 2.20. The normalized spacial score (nSPS) is 34.1. The molecule has 0 amide bonds. The summed E-state index contributed by atoms with van der Waals surface area (Å²) in [6.45, 7) is 1.84. The van der Waals surface area contributed by atoms with Crippen molar-refractivity contribution in [1.82, 2.24) is 0 Å². The van der Waals surface area contributed by atoms with Crippen LogP contribution in [0.25, 0.3) is 0 Å². The minimum absolute atomic E-state index is 0.473. The summed E-state index contributed by atoms with van der Waals surface area (Å²) < 4.78 is 0. The molecular formula is C10H14O2. The lowest BCUT2D eigenvalue weighted by Crippen LogP contribution is -2.10. The summed E-state index contributed by atoms with van der Waals surface area (Å²) in [5.74, 6) is -0.642. The highest BCUT2D eigenvalue weighted by Crippen LogP contribution is 2.55. The zero-order valence-electron chi connectivity index (χ0n) is 7.39. The van der Waals surface area contributed by atoms with E-state index in [1.807, 2.05) is 6.92 Å². The van der Waals surface area contributed by atoms with Gasteiger partial charge in [0.25, 0.3) is 0 Å². The Labute approximate surface area is 72.3 Å². The lowest BCUT2D eigenvalue weighted by Gasteiger charge is -2.00. The average Bonchev–Trinajstić information content (AvgIpc) is 2.49. The zero-order chi connectivity index (χ0) is 8.77. The molecule has 1 N–H and O–H groups in total. The van der Waals surface area contributed by atoms with Crippen LogP contribution in [0.15, 0.2) is 11.1 Å². The van der Waals surface area contributed by atoms with Crippen LogP contribution in [0.4, 0.5) is 0 Å². The quantitative estimate of drug-likeness (QED) is 0.607. The molecule has 2 saturated carbocycles. The molecule has 2 nitrogen and oxygen atoms in total. The summed E-state index contributed by atoms with van der Waals surface area (Å²) >= 11 is 0. The molecule has 2 heteroatoms. The number of rotatable bonds is 1. The maximum Gasteiger partial charge on any atom is 0.313 e. The highest BCUT2D eigenvalue weighted by molar-refractivity contribution is 5.84. The second-order valence-corrected chi connectivity index (χ2v) is 4.10. The van der Waals surface area contributed by atoms with Crippen LogP contribution in [-0.2, 0) is 4.79 Å². The van der Waals surface area contributed by atoms with E-state index in [9.17, 15) is 4.79 Å². The lowest BCUT2D eigenvalue weighted by atomic mass is 10.1. The number of aliphatic carboxylic acids is 1. The first-order valence-corrected chi connectivity index (χ1v) is 4.59. The molecule has 0 aromatic carbocycles. The van der Waals surface area contributed by atoms with E-state index < -0.39 is 11.4 Å². The minimum Gasteiger partial charge on any atom is -0.481 e. The van der Waals surface area contributed by atoms with Gasteiger partial charge in [0.2, 0.25) is 0 Å². The Hall–Kier alpha value is -0.790. The highest BCUT2D eigenvalue weighted by Gasteiger charge is 2.52. The van der Waals surface area contributed by atoms with Gasteiger partial charge in [0.05, 0.1) is 5.41 Å². The molecule has 0 radical (unpaired) electrons. The number of hydrogen-bond acceptors (Lipinski definition) is 1. The molecule has 0 aromatic heterocycles. The van der Waals surface area contributed by atoms with E-state index in [0.29, 0.717) is 0 Å². The van der Waals surface area contributed by atoms with Crippen molar-refractivity contribution in [2.45, 2.75) is 39.0 Å². The summed E-state index contributed by atoms with van der Waals surface area (Å²) in [7, 11) is 0. The van der Waals surface area contributed by atoms with Crippen LogP contribution in [0.5, 0.6) is 0 Å². The molecule has 0 bridgehead atoms. The molecule has 0 aliphatic heterocycles. The van der Waals surface area contributed by atoms with Crippen molar-refractivity contribution < 1.29 is 9.90 Å². The van der Waals surface area contributed by atoms with E-state index in [4.69, 9.17) is 5.11 Å². The molecule has 1 atom stereocenters. The molecule has 0 aromatic rings. The second kappa shape index (κ2) is 2.35. The van der Waals surface area contributed by atoms with Gasteiger partial charge < -0.3 is 5.11 Å². The fraction of sp³-hybridized carbons (Fsp3) is 0.700. The molecule has 2 aliphatic rings. The fourth-order valence-corrected chi connectivity index (χ4v) is 2.13. The predicted molar refractivity (Wildman–Crippen MR) is 45.9 cm³/mol. The third-order valence-electron chi connectivity index (χ3n) is 3.18. The van der Waals surface area contributed by atoms with Gasteiger partial charge in [0.15, 0.2) is 0 Å². The number of allylic oxidation sites excluding steroid dienone is 1. The van der Waals surface area contributed by atoms with Gasteiger partial charge in [-0.3, -0.25) is 4.79 Å². The van der Waals surface area contributed by atoms with Gasteiger partial charge in [-0.2, -0.15) is 0 Å². The molecule has 1 unspecified atom stereocenters. The van der Waals surface area contributed by atoms with Crippen LogP contribution in [0.1, 0.15) is 39.0 Å². The largest absolute Gasteiger partial charge is 0.481 e. The molecule has 0 saturated heterocycles. The SMILES string of the molecule is CC1(C(=O)O)CC1=C1CCCC1. The highest BCUT2D eigenvalue weighted by atomic mass is 16.4. The van der Waals surface area contributed by atoms with E-state index in [2.05, 4.69) is 0 Å². The summed E-state index contributed by atoms with van der Waals surface area (Å²) in [4.78, 5) is 10.8. The van der Waals surface area contributed by atoms with E-state index in [0.717, 1.165) is 19.3 Å². The van der Waals surface area contributed by atoms with Crippen LogP contribution >= 0.6 is 0 Å². The van der Waals surface area contributed by atoms with Crippen molar-refractivity contribution in [2.24, 2.45) is 5.41 Å². The van der Waals surface area contributed by atoms with E-state index in [1.54, 1.807) is 0 Å². The second-order valence-electron chi connectivity index (χ2n) is 4.10. The molecule has 2 rings (SSSR count). The van der Waals surface area contributed by atoms with Crippen LogP contribution in [0.3, 0.4) is 0 Å². The van der Waals surface area contributed by atoms with Gasteiger partial charge >= 0.3 is 5.97 Å². The smallest absolute Gasteiger partial charge is 0.313 e. The first kappa shape index (κ1) is 7.84. The Kier molecular flexibility index (Phi) is 1.53. The maximum absolute atomic E-state index is 10.8. The minimum atomic E-state index is -0.642. The Morgan fingerprint density at radius 1 is 1.42 bits per heavy atom. The van der Waals surface area contributed by atoms with Gasteiger partial charge in [0, 0.05) is 0 Å². The molecule has 12 heavy (non-hydrogen) atoms. The first-order valence-electron chi connectivity index (χ1n) is 4.59. The Bertz CT molecular complexity index is 257. The zero-order valence-corrected chi connectivity index (χ0v) is 7.39. The van der Waals surface area contributed by atoms with Crippen molar-refractivity contribution in [3.8, 4) is 0 Å². The topological polar surface area (TPSA) is 37.3 Å². The van der Waals surface area contributed by atoms with E-state index >= 15 is 0 Å². The lowest BCUT2D eigenvalue weighted by molar-refractivity contribution is -0.141. The Balaban J connectivity index is 2.20. The van der Waals surface area contributed by atoms with Crippen LogP contribution in [-0.4, -0.2) is 11.1 Å². The average molecular weight is 166 g/mol. The summed E-state index contributed by atoms with van der Waals surface area (Å²) in [6.07, 6.45) is 5.62. The molecule has 66 valence electrons. The van der Waals surface area contributed by atoms with Gasteiger partial charge in [-0.25, -0.2) is 0 Å². The third-order valence-corrected chi connectivity index (χ3v) is 3.18. The molecule has 2 aliphatic carbocycles. The first-order chi connectivity index (χ1) is 5.64. The van der Waals surface area contributed by atoms with Crippen LogP contribution in [0.2, 0.25) is 0 Å². The van der Waals surface area contributed by atoms with Crippen molar-refractivity contribution in [2.75, 3.05) is 0 Å². The van der Waals surface area contributed by atoms with E-state index in [-0.39, 0.29) is 0 Å². The molecule has 2 fully saturated rings. The maximum atomic E-state index is 10.8. The standard InChI is InChI=1S/C10H14O2/c1-10(9(11)12)6-8(10)7-4-2-3-5-7/h2-6H2,1H3,(H,11,12). The summed E-state index contributed by atoms with van der Waals surface area (Å²) in [6, 6.07) is 0. The molecule has 0 heterocycles. The van der Waals surface area contributed by atoms with Crippen molar-refractivity contribution >= 4 is 5.97 Å². The number of carbonyl (C=O) groups is 1. The van der Waals surface area contributed by atoms with Crippen LogP contribution in [0, 0.1) is 5.41 Å². The fourth-order valence-electron chi connectivity index (χ4n) is 2.13. The number of carboxylic acids is 1. The third kappa shape index (κ3) is 0.977. The van der Waals surface area contributed by atoms with Crippen molar-refractivity contribution in [1.29, 1.82) is 0 Å². The predicted octanol–water partition coefficient (Wildman–Crippen LogP) is 2.35. The monoisotopic (exact) mass is 166 g/mol. The van der Waals surface area contributed by atoms with Gasteiger partial charge in [0.1, 0.15) is 0 Å². The van der Waals surface area contributed by atoms with Gasteiger partial charge in [-0.1, -0.05) is 11.1 Å². The Morgan fingerprint density at radius 2 is 2.00 bits per heavy atom. The van der Waals surface area contributed by atoms with Crippen molar-refractivity contribution in [3.05, 3.63) is 11.1 Å². The van der Waals surface area contributed by atoms with Gasteiger partial charge in [-0.05, 0) is 39.0 Å². The summed E-state index contributed by atoms with van der Waals surface area (Å²) in [5, 5.41) is 8.91. The number of carboxylic acid groups (broad SMARTS) is 1. The molecular weight excluding hydrogens is 152 g/mol. The van der Waals surface area contributed by atoms with Crippen molar-refractivity contribution in [3.63, 3.8) is 0 Å². The Morgan fingerprint density at radius 3 is 2.42 bits per heavy atom. The number of hydrogen-bond donors (Lipinski definition) is 1. The van der Waals surface area contributed by atoms with Gasteiger partial charge in [-0.15, -0.1) is 0 Å². The molecule has 0 spiro atoms.